The second-order valence-electron chi connectivity index (χ2n) is 3.39. The smallest absolute Gasteiger partial charge is 0.178 e. The molecule has 1 aromatic heterocycles. The number of rotatable bonds is 3. The quantitative estimate of drug-likeness (QED) is 0.604. The summed E-state index contributed by atoms with van der Waals surface area (Å²) in [6.45, 7) is 7.69. The Bertz CT molecular complexity index is 253. The van der Waals surface area contributed by atoms with E-state index >= 15 is 0 Å². The highest BCUT2D eigenvalue weighted by Crippen LogP contribution is 1.97. The van der Waals surface area contributed by atoms with Gasteiger partial charge in [0.15, 0.2) is 11.9 Å². The topological polar surface area (TPSA) is 3.88 Å². The second kappa shape index (κ2) is 4.24. The first-order valence-electron chi connectivity index (χ1n) is 4.70. The van der Waals surface area contributed by atoms with E-state index < -0.39 is 0 Å². The molecule has 0 bridgehead atoms. The first kappa shape index (κ1) is 9.24. The Kier molecular flexibility index (Phi) is 3.27. The van der Waals surface area contributed by atoms with Gasteiger partial charge in [0, 0.05) is 25.5 Å². The highest BCUT2D eigenvalue weighted by molar-refractivity contribution is 5.08. The third-order valence-corrected chi connectivity index (χ3v) is 2.16. The summed E-state index contributed by atoms with van der Waals surface area (Å²) in [6.07, 6.45) is 4.72. The van der Waals surface area contributed by atoms with Crippen molar-refractivity contribution in [1.82, 2.24) is 0 Å². The maximum absolute atomic E-state index is 2.32. The van der Waals surface area contributed by atoms with Crippen LogP contribution in [-0.2, 0) is 6.54 Å². The Labute approximate surface area is 75.1 Å². The van der Waals surface area contributed by atoms with Gasteiger partial charge in [-0.25, -0.2) is 4.57 Å². The summed E-state index contributed by atoms with van der Waals surface area (Å²) in [5.74, 6) is 0. The van der Waals surface area contributed by atoms with Crippen LogP contribution in [0.1, 0.15) is 31.0 Å². The number of nitrogens with zero attached hydrogens (tertiary/aromatic N) is 1. The van der Waals surface area contributed by atoms with Crippen LogP contribution < -0.4 is 4.57 Å². The second-order valence-corrected chi connectivity index (χ2v) is 3.39. The summed E-state index contributed by atoms with van der Waals surface area (Å²) < 4.78 is 2.32. The zero-order valence-electron chi connectivity index (χ0n) is 8.30. The standard InChI is InChI=1S/C11H18N/c1-4-5-7-12-8-6-10(2)9-11(12)3/h6,8-9H,4-5,7H2,1-3H3/q+1. The monoisotopic (exact) mass is 164 g/mol. The average Bonchev–Trinajstić information content (AvgIpc) is 2.03. The van der Waals surface area contributed by atoms with E-state index in [-0.39, 0.29) is 0 Å². The maximum Gasteiger partial charge on any atom is 0.178 e. The summed E-state index contributed by atoms with van der Waals surface area (Å²) in [5.41, 5.74) is 2.71. The predicted molar refractivity (Wildman–Crippen MR) is 51.0 cm³/mol. The van der Waals surface area contributed by atoms with Gasteiger partial charge in [0.2, 0.25) is 0 Å². The average molecular weight is 164 g/mol. The molecule has 1 nitrogen and oxygen atoms in total. The Morgan fingerprint density at radius 2 is 2.08 bits per heavy atom. The lowest BCUT2D eigenvalue weighted by atomic mass is 10.2. The first-order valence-corrected chi connectivity index (χ1v) is 4.70. The summed E-state index contributed by atoms with van der Waals surface area (Å²) in [4.78, 5) is 0. The van der Waals surface area contributed by atoms with Gasteiger partial charge in [-0.1, -0.05) is 13.3 Å². The van der Waals surface area contributed by atoms with Crippen molar-refractivity contribution in [3.05, 3.63) is 29.6 Å². The van der Waals surface area contributed by atoms with E-state index in [1.54, 1.807) is 0 Å². The molecule has 1 heterocycles. The third-order valence-electron chi connectivity index (χ3n) is 2.16. The van der Waals surface area contributed by atoms with E-state index in [9.17, 15) is 0 Å². The minimum absolute atomic E-state index is 1.16. The lowest BCUT2D eigenvalue weighted by molar-refractivity contribution is -0.703. The predicted octanol–water partition coefficient (Wildman–Crippen LogP) is 2.39. The summed E-state index contributed by atoms with van der Waals surface area (Å²) in [7, 11) is 0. The van der Waals surface area contributed by atoms with Gasteiger partial charge in [-0.05, 0) is 12.5 Å². The van der Waals surface area contributed by atoms with Crippen LogP contribution in [0.3, 0.4) is 0 Å². The number of hydrogen-bond donors (Lipinski definition) is 0. The van der Waals surface area contributed by atoms with Crippen LogP contribution >= 0.6 is 0 Å². The van der Waals surface area contributed by atoms with Crippen LogP contribution in [0.5, 0.6) is 0 Å². The molecule has 1 aromatic rings. The number of pyridine rings is 1. The molecular weight excluding hydrogens is 146 g/mol. The molecule has 0 radical (unpaired) electrons. The van der Waals surface area contributed by atoms with Crippen LogP contribution in [0, 0.1) is 13.8 Å². The summed E-state index contributed by atoms with van der Waals surface area (Å²) in [6, 6.07) is 4.40. The number of unbranched alkanes of at least 4 members (excludes halogenated alkanes) is 1. The minimum atomic E-state index is 1.16. The van der Waals surface area contributed by atoms with Gasteiger partial charge in [-0.3, -0.25) is 0 Å². The molecule has 0 unspecified atom stereocenters. The largest absolute Gasteiger partial charge is 0.203 e. The van der Waals surface area contributed by atoms with Crippen LogP contribution in [-0.4, -0.2) is 0 Å². The lowest BCUT2D eigenvalue weighted by Gasteiger charge is -1.99. The Hall–Kier alpha value is -0.850. The fourth-order valence-corrected chi connectivity index (χ4v) is 1.36. The zero-order chi connectivity index (χ0) is 8.97. The van der Waals surface area contributed by atoms with Gasteiger partial charge in [0.25, 0.3) is 0 Å². The van der Waals surface area contributed by atoms with E-state index in [0.29, 0.717) is 0 Å². The molecule has 0 aliphatic carbocycles. The fourth-order valence-electron chi connectivity index (χ4n) is 1.36. The van der Waals surface area contributed by atoms with Gasteiger partial charge in [-0.2, -0.15) is 0 Å². The number of hydrogen-bond acceptors (Lipinski definition) is 0. The Morgan fingerprint density at radius 3 is 2.67 bits per heavy atom. The van der Waals surface area contributed by atoms with Crippen molar-refractivity contribution >= 4 is 0 Å². The third kappa shape index (κ3) is 2.33. The van der Waals surface area contributed by atoms with Gasteiger partial charge < -0.3 is 0 Å². The molecule has 0 amide bonds. The zero-order valence-corrected chi connectivity index (χ0v) is 8.30. The molecule has 0 saturated carbocycles. The lowest BCUT2D eigenvalue weighted by Crippen LogP contribution is -2.36. The molecule has 0 saturated heterocycles. The SMILES string of the molecule is CCCC[n+]1ccc(C)cc1C. The minimum Gasteiger partial charge on any atom is -0.203 e. The van der Waals surface area contributed by atoms with Gasteiger partial charge >= 0.3 is 0 Å². The molecule has 0 fully saturated rings. The molecule has 0 spiro atoms. The molecule has 0 atom stereocenters. The van der Waals surface area contributed by atoms with Crippen molar-refractivity contribution in [2.45, 2.75) is 40.2 Å². The van der Waals surface area contributed by atoms with E-state index in [1.807, 2.05) is 0 Å². The van der Waals surface area contributed by atoms with Crippen molar-refractivity contribution in [3.63, 3.8) is 0 Å². The maximum atomic E-state index is 2.32. The molecule has 1 rings (SSSR count). The van der Waals surface area contributed by atoms with Gasteiger partial charge in [-0.15, -0.1) is 0 Å². The van der Waals surface area contributed by atoms with Crippen LogP contribution in [0.25, 0.3) is 0 Å². The van der Waals surface area contributed by atoms with Crippen LogP contribution in [0.15, 0.2) is 18.3 Å². The highest BCUT2D eigenvalue weighted by atomic mass is 14.9. The summed E-state index contributed by atoms with van der Waals surface area (Å²) >= 11 is 0. The molecule has 0 N–H and O–H groups in total. The molecule has 0 aromatic carbocycles. The van der Waals surface area contributed by atoms with E-state index in [0.717, 1.165) is 6.54 Å². The fraction of sp³-hybridized carbons (Fsp3) is 0.545. The van der Waals surface area contributed by atoms with E-state index in [4.69, 9.17) is 0 Å². The van der Waals surface area contributed by atoms with Crippen LogP contribution in [0.4, 0.5) is 0 Å². The first-order chi connectivity index (χ1) is 5.74. The molecule has 66 valence electrons. The summed E-state index contributed by atoms with van der Waals surface area (Å²) in [5, 5.41) is 0. The molecule has 12 heavy (non-hydrogen) atoms. The molecular formula is C11H18N+. The van der Waals surface area contributed by atoms with Crippen molar-refractivity contribution in [3.8, 4) is 0 Å². The van der Waals surface area contributed by atoms with Crippen molar-refractivity contribution in [2.75, 3.05) is 0 Å². The van der Waals surface area contributed by atoms with Crippen molar-refractivity contribution < 1.29 is 4.57 Å². The molecule has 0 aliphatic heterocycles. The van der Waals surface area contributed by atoms with E-state index in [1.165, 1.54) is 24.1 Å². The van der Waals surface area contributed by atoms with Gasteiger partial charge in [0.05, 0.1) is 0 Å². The van der Waals surface area contributed by atoms with Crippen molar-refractivity contribution in [2.24, 2.45) is 0 Å². The Balaban J connectivity index is 2.72. The van der Waals surface area contributed by atoms with Crippen LogP contribution in [0.2, 0.25) is 0 Å². The number of aryl methyl sites for hydroxylation is 3. The Morgan fingerprint density at radius 1 is 1.33 bits per heavy atom. The van der Waals surface area contributed by atoms with Gasteiger partial charge in [0.1, 0.15) is 6.54 Å². The van der Waals surface area contributed by atoms with Crippen molar-refractivity contribution in [1.29, 1.82) is 0 Å². The highest BCUT2D eigenvalue weighted by Gasteiger charge is 2.03. The molecule has 0 aliphatic rings. The van der Waals surface area contributed by atoms with E-state index in [2.05, 4.69) is 43.7 Å². The number of aromatic nitrogens is 1. The molecule has 1 heteroatoms. The normalized spacial score (nSPS) is 10.2.